The number of phenols is 1. The van der Waals surface area contributed by atoms with Crippen LogP contribution in [0.4, 0.5) is 11.5 Å². The molecule has 1 aliphatic heterocycles. The van der Waals surface area contributed by atoms with Crippen LogP contribution < -0.4 is 5.32 Å². The highest BCUT2D eigenvalue weighted by molar-refractivity contribution is 7.98. The van der Waals surface area contributed by atoms with Crippen molar-refractivity contribution in [1.82, 2.24) is 19.5 Å². The summed E-state index contributed by atoms with van der Waals surface area (Å²) in [4.78, 5) is 13.6. The molecule has 7 nitrogen and oxygen atoms in total. The summed E-state index contributed by atoms with van der Waals surface area (Å²) in [6.07, 6.45) is 5.67. The van der Waals surface area contributed by atoms with Gasteiger partial charge in [-0.1, -0.05) is 17.8 Å². The van der Waals surface area contributed by atoms with Crippen molar-refractivity contribution in [1.29, 1.82) is 0 Å². The highest BCUT2D eigenvalue weighted by Gasteiger charge is 2.22. The first-order valence-electron chi connectivity index (χ1n) is 7.71. The van der Waals surface area contributed by atoms with Crippen molar-refractivity contribution >= 4 is 34.4 Å². The molecule has 24 heavy (non-hydrogen) atoms. The maximum atomic E-state index is 9.64. The number of anilines is 2. The van der Waals surface area contributed by atoms with Gasteiger partial charge in [-0.2, -0.15) is 0 Å². The topological polar surface area (TPSA) is 85.1 Å². The average Bonchev–Trinajstić information content (AvgIpc) is 3.23. The molecule has 1 aliphatic rings. The van der Waals surface area contributed by atoms with Gasteiger partial charge in [-0.25, -0.2) is 15.0 Å². The van der Waals surface area contributed by atoms with E-state index in [-0.39, 0.29) is 12.0 Å². The van der Waals surface area contributed by atoms with Crippen LogP contribution in [-0.2, 0) is 4.74 Å². The molecule has 8 heteroatoms. The smallest absolute Gasteiger partial charge is 0.191 e. The lowest BCUT2D eigenvalue weighted by Gasteiger charge is -2.12. The molecule has 2 N–H and O–H groups in total. The number of thioether (sulfide) groups is 1. The highest BCUT2D eigenvalue weighted by atomic mass is 32.2. The SMILES string of the molecule is CSc1nc(Nc2cccc(O)c2)c2ncn(C3CCCO3)c2n1. The van der Waals surface area contributed by atoms with Crippen LogP contribution in [0.2, 0.25) is 0 Å². The van der Waals surface area contributed by atoms with Gasteiger partial charge in [0, 0.05) is 18.4 Å². The Morgan fingerprint density at radius 1 is 1.38 bits per heavy atom. The van der Waals surface area contributed by atoms with Gasteiger partial charge in [0.15, 0.2) is 22.1 Å². The molecular weight excluding hydrogens is 326 g/mol. The quantitative estimate of drug-likeness (QED) is 0.555. The molecule has 1 atom stereocenters. The van der Waals surface area contributed by atoms with E-state index >= 15 is 0 Å². The molecule has 1 saturated heterocycles. The lowest BCUT2D eigenvalue weighted by molar-refractivity contribution is 0.0592. The molecule has 124 valence electrons. The van der Waals surface area contributed by atoms with Gasteiger partial charge in [0.2, 0.25) is 0 Å². The molecule has 0 amide bonds. The molecule has 3 heterocycles. The largest absolute Gasteiger partial charge is 0.508 e. The van der Waals surface area contributed by atoms with Crippen molar-refractivity contribution in [2.24, 2.45) is 0 Å². The third-order valence-electron chi connectivity index (χ3n) is 3.91. The fraction of sp³-hybridized carbons (Fsp3) is 0.312. The number of nitrogens with one attached hydrogen (secondary N) is 1. The monoisotopic (exact) mass is 343 g/mol. The summed E-state index contributed by atoms with van der Waals surface area (Å²) in [5.41, 5.74) is 2.18. The van der Waals surface area contributed by atoms with Crippen molar-refractivity contribution < 1.29 is 9.84 Å². The number of rotatable bonds is 4. The molecule has 3 aromatic rings. The number of hydrogen-bond acceptors (Lipinski definition) is 7. The Balaban J connectivity index is 1.79. The van der Waals surface area contributed by atoms with E-state index in [0.29, 0.717) is 16.5 Å². The number of fused-ring (bicyclic) bond motifs is 1. The van der Waals surface area contributed by atoms with E-state index in [4.69, 9.17) is 4.74 Å². The second kappa shape index (κ2) is 6.29. The van der Waals surface area contributed by atoms with Crippen LogP contribution in [0.1, 0.15) is 19.1 Å². The van der Waals surface area contributed by atoms with E-state index in [1.807, 2.05) is 16.9 Å². The van der Waals surface area contributed by atoms with E-state index in [2.05, 4.69) is 20.3 Å². The zero-order chi connectivity index (χ0) is 16.5. The predicted molar refractivity (Wildman–Crippen MR) is 92.7 cm³/mol. The van der Waals surface area contributed by atoms with Crippen LogP contribution in [-0.4, -0.2) is 37.5 Å². The second-order valence-electron chi connectivity index (χ2n) is 5.53. The number of nitrogens with zero attached hydrogens (tertiary/aromatic N) is 4. The van der Waals surface area contributed by atoms with Crippen molar-refractivity contribution in [2.75, 3.05) is 18.2 Å². The van der Waals surface area contributed by atoms with Crippen molar-refractivity contribution in [2.45, 2.75) is 24.2 Å². The molecule has 0 saturated carbocycles. The maximum Gasteiger partial charge on any atom is 0.191 e. The first kappa shape index (κ1) is 15.2. The summed E-state index contributed by atoms with van der Waals surface area (Å²) in [5.74, 6) is 0.812. The molecule has 1 fully saturated rings. The fourth-order valence-electron chi connectivity index (χ4n) is 2.79. The number of phenolic OH excluding ortho intramolecular Hbond substituents is 1. The van der Waals surface area contributed by atoms with Crippen molar-refractivity contribution in [3.63, 3.8) is 0 Å². The summed E-state index contributed by atoms with van der Waals surface area (Å²) in [7, 11) is 0. The van der Waals surface area contributed by atoms with Gasteiger partial charge in [-0.15, -0.1) is 0 Å². The molecule has 2 aromatic heterocycles. The Hall–Kier alpha value is -2.32. The fourth-order valence-corrected chi connectivity index (χ4v) is 3.15. The summed E-state index contributed by atoms with van der Waals surface area (Å²) in [6.45, 7) is 0.763. The van der Waals surface area contributed by atoms with Crippen LogP contribution >= 0.6 is 11.8 Å². The standard InChI is InChI=1S/C16H17N5O2S/c1-24-16-19-14(18-10-4-2-5-11(22)8-10)13-15(20-16)21(9-17-13)12-6-3-7-23-12/h2,4-5,8-9,12,22H,3,6-7H2,1H3,(H,18,19,20). The minimum absolute atomic E-state index is 0.0202. The summed E-state index contributed by atoms with van der Waals surface area (Å²) in [5, 5.41) is 13.5. The van der Waals surface area contributed by atoms with Gasteiger partial charge in [-0.05, 0) is 31.2 Å². The third kappa shape index (κ3) is 2.78. The van der Waals surface area contributed by atoms with Gasteiger partial charge >= 0.3 is 0 Å². The Morgan fingerprint density at radius 3 is 3.04 bits per heavy atom. The summed E-state index contributed by atoms with van der Waals surface area (Å²) in [6, 6.07) is 6.91. The zero-order valence-corrected chi connectivity index (χ0v) is 14.0. The molecule has 1 aromatic carbocycles. The van der Waals surface area contributed by atoms with Crippen LogP contribution in [0.25, 0.3) is 11.2 Å². The second-order valence-corrected chi connectivity index (χ2v) is 6.30. The molecule has 0 radical (unpaired) electrons. The van der Waals surface area contributed by atoms with Gasteiger partial charge in [0.1, 0.15) is 12.0 Å². The van der Waals surface area contributed by atoms with E-state index in [1.54, 1.807) is 24.5 Å². The highest BCUT2D eigenvalue weighted by Crippen LogP contribution is 2.31. The maximum absolute atomic E-state index is 9.64. The molecule has 4 rings (SSSR count). The van der Waals surface area contributed by atoms with Crippen molar-refractivity contribution in [3.05, 3.63) is 30.6 Å². The van der Waals surface area contributed by atoms with Gasteiger partial charge in [0.05, 0.1) is 6.33 Å². The number of hydrogen-bond donors (Lipinski definition) is 2. The molecule has 0 spiro atoms. The Labute approximate surface area is 143 Å². The van der Waals surface area contributed by atoms with Crippen LogP contribution in [0.15, 0.2) is 35.7 Å². The lowest BCUT2D eigenvalue weighted by Crippen LogP contribution is -2.07. The first-order chi connectivity index (χ1) is 11.7. The first-order valence-corrected chi connectivity index (χ1v) is 8.93. The van der Waals surface area contributed by atoms with Gasteiger partial charge in [-0.3, -0.25) is 4.57 Å². The Morgan fingerprint density at radius 2 is 2.29 bits per heavy atom. The Bertz CT molecular complexity index is 876. The van der Waals surface area contributed by atoms with Gasteiger partial charge < -0.3 is 15.2 Å². The van der Waals surface area contributed by atoms with Crippen molar-refractivity contribution in [3.8, 4) is 5.75 Å². The molecule has 0 bridgehead atoms. The normalized spacial score (nSPS) is 17.5. The minimum Gasteiger partial charge on any atom is -0.508 e. The van der Waals surface area contributed by atoms with Crippen LogP contribution in [0.3, 0.4) is 0 Å². The minimum atomic E-state index is -0.0202. The van der Waals surface area contributed by atoms with Crippen LogP contribution in [0, 0.1) is 0 Å². The van der Waals surface area contributed by atoms with E-state index < -0.39 is 0 Å². The van der Waals surface area contributed by atoms with Crippen LogP contribution in [0.5, 0.6) is 5.75 Å². The number of benzene rings is 1. The van der Waals surface area contributed by atoms with E-state index in [0.717, 1.165) is 30.8 Å². The Kier molecular flexibility index (Phi) is 3.99. The molecule has 0 aliphatic carbocycles. The molecular formula is C16H17N5O2S. The van der Waals surface area contributed by atoms with E-state index in [1.165, 1.54) is 11.8 Å². The third-order valence-corrected chi connectivity index (χ3v) is 4.46. The number of imidazole rings is 1. The zero-order valence-electron chi connectivity index (χ0n) is 13.1. The van der Waals surface area contributed by atoms with Gasteiger partial charge in [0.25, 0.3) is 0 Å². The van der Waals surface area contributed by atoms with E-state index in [9.17, 15) is 5.11 Å². The lowest BCUT2D eigenvalue weighted by atomic mass is 10.3. The predicted octanol–water partition coefficient (Wildman–Crippen LogP) is 3.31. The number of aromatic hydroxyl groups is 1. The summed E-state index contributed by atoms with van der Waals surface area (Å²) >= 11 is 1.47. The number of ether oxygens (including phenoxy) is 1. The average molecular weight is 343 g/mol. The number of aromatic nitrogens is 4. The summed E-state index contributed by atoms with van der Waals surface area (Å²) < 4.78 is 7.72. The molecule has 1 unspecified atom stereocenters.